The van der Waals surface area contributed by atoms with Crippen molar-refractivity contribution < 1.29 is 18.3 Å². The van der Waals surface area contributed by atoms with Crippen molar-refractivity contribution in [3.63, 3.8) is 0 Å². The van der Waals surface area contributed by atoms with Gasteiger partial charge < -0.3 is 4.74 Å². The number of ketones is 1. The van der Waals surface area contributed by atoms with Crippen LogP contribution < -0.4 is 0 Å². The van der Waals surface area contributed by atoms with Gasteiger partial charge in [0.25, 0.3) is 0 Å². The largest absolute Gasteiger partial charge is 0.377 e. The lowest BCUT2D eigenvalue weighted by molar-refractivity contribution is 0.101. The molecule has 1 atom stereocenters. The van der Waals surface area contributed by atoms with E-state index in [2.05, 4.69) is 0 Å². The minimum absolute atomic E-state index is 0.0811. The Kier molecular flexibility index (Phi) is 4.72. The van der Waals surface area contributed by atoms with E-state index in [0.29, 0.717) is 5.75 Å². The molecule has 0 amide bonds. The maximum Gasteiger partial charge on any atom is 0.178 e. The molecule has 1 aromatic carbocycles. The molecule has 2 rings (SSSR count). The minimum Gasteiger partial charge on any atom is -0.377 e. The first-order valence-corrected chi connectivity index (χ1v) is 7.00. The summed E-state index contributed by atoms with van der Waals surface area (Å²) in [4.78, 5) is 11.7. The Bertz CT molecular complexity index is 411. The number of ether oxygens (including phenoxy) is 1. The zero-order chi connectivity index (χ0) is 13.0. The first-order valence-electron chi connectivity index (χ1n) is 5.85. The van der Waals surface area contributed by atoms with E-state index in [9.17, 15) is 13.6 Å². The molecule has 1 saturated heterocycles. The van der Waals surface area contributed by atoms with Crippen LogP contribution in [0.4, 0.5) is 8.78 Å². The number of benzene rings is 1. The molecule has 98 valence electrons. The van der Waals surface area contributed by atoms with Gasteiger partial charge in [0.2, 0.25) is 0 Å². The fourth-order valence-electron chi connectivity index (χ4n) is 1.90. The maximum absolute atomic E-state index is 13.3. The Balaban J connectivity index is 1.87. The predicted octanol–water partition coefficient (Wildman–Crippen LogP) is 3.06. The Hall–Kier alpha value is -0.940. The highest BCUT2D eigenvalue weighted by atomic mass is 32.2. The van der Waals surface area contributed by atoms with Crippen LogP contribution in [0.25, 0.3) is 0 Å². The van der Waals surface area contributed by atoms with Crippen molar-refractivity contribution in [3.05, 3.63) is 35.4 Å². The molecule has 1 heterocycles. The zero-order valence-corrected chi connectivity index (χ0v) is 10.6. The summed E-state index contributed by atoms with van der Waals surface area (Å²) in [7, 11) is 0. The highest BCUT2D eigenvalue weighted by Gasteiger charge is 2.19. The third-order valence-corrected chi connectivity index (χ3v) is 3.88. The van der Waals surface area contributed by atoms with E-state index < -0.39 is 23.0 Å². The summed E-state index contributed by atoms with van der Waals surface area (Å²) < 4.78 is 32.1. The quantitative estimate of drug-likeness (QED) is 0.771. The van der Waals surface area contributed by atoms with Crippen LogP contribution in [-0.2, 0) is 4.74 Å². The number of hydrogen-bond acceptors (Lipinski definition) is 3. The van der Waals surface area contributed by atoms with Crippen molar-refractivity contribution >= 4 is 17.5 Å². The van der Waals surface area contributed by atoms with Gasteiger partial charge in [-0.25, -0.2) is 8.78 Å². The summed E-state index contributed by atoms with van der Waals surface area (Å²) in [5.74, 6) is -1.32. The molecular formula is C13H14F2O2S. The van der Waals surface area contributed by atoms with Crippen LogP contribution in [0.1, 0.15) is 23.2 Å². The van der Waals surface area contributed by atoms with E-state index in [4.69, 9.17) is 4.74 Å². The third kappa shape index (κ3) is 3.29. The lowest BCUT2D eigenvalue weighted by Crippen LogP contribution is -2.13. The molecule has 0 aliphatic carbocycles. The second-order valence-corrected chi connectivity index (χ2v) is 5.20. The van der Waals surface area contributed by atoms with Crippen LogP contribution in [0.3, 0.4) is 0 Å². The van der Waals surface area contributed by atoms with Crippen LogP contribution in [0, 0.1) is 11.6 Å². The molecule has 5 heteroatoms. The highest BCUT2D eigenvalue weighted by molar-refractivity contribution is 8.00. The van der Waals surface area contributed by atoms with Crippen molar-refractivity contribution in [1.82, 2.24) is 0 Å². The number of rotatable bonds is 5. The van der Waals surface area contributed by atoms with Gasteiger partial charge in [-0.1, -0.05) is 6.07 Å². The SMILES string of the molecule is O=C(CSCC1CCCO1)c1c(F)cccc1F. The monoisotopic (exact) mass is 272 g/mol. The van der Waals surface area contributed by atoms with E-state index in [-0.39, 0.29) is 11.9 Å². The second-order valence-electron chi connectivity index (χ2n) is 4.17. The van der Waals surface area contributed by atoms with E-state index in [1.165, 1.54) is 17.8 Å². The molecule has 1 fully saturated rings. The molecule has 0 N–H and O–H groups in total. The fourth-order valence-corrected chi connectivity index (χ4v) is 2.87. The molecule has 0 bridgehead atoms. The molecule has 0 radical (unpaired) electrons. The Morgan fingerprint density at radius 3 is 2.72 bits per heavy atom. The van der Waals surface area contributed by atoms with Gasteiger partial charge in [-0.2, -0.15) is 11.8 Å². The third-order valence-electron chi connectivity index (χ3n) is 2.80. The molecule has 0 aromatic heterocycles. The molecular weight excluding hydrogens is 258 g/mol. The van der Waals surface area contributed by atoms with Crippen LogP contribution >= 0.6 is 11.8 Å². The number of thioether (sulfide) groups is 1. The maximum atomic E-state index is 13.3. The highest BCUT2D eigenvalue weighted by Crippen LogP contribution is 2.19. The molecule has 1 aliphatic heterocycles. The van der Waals surface area contributed by atoms with Gasteiger partial charge in [0, 0.05) is 12.4 Å². The Labute approximate surface area is 109 Å². The van der Waals surface area contributed by atoms with Crippen LogP contribution in [-0.4, -0.2) is 30.0 Å². The van der Waals surface area contributed by atoms with Crippen LogP contribution in [0.15, 0.2) is 18.2 Å². The average molecular weight is 272 g/mol. The summed E-state index contributed by atoms with van der Waals surface area (Å²) in [6.45, 7) is 0.765. The summed E-state index contributed by atoms with van der Waals surface area (Å²) in [5, 5.41) is 0. The van der Waals surface area contributed by atoms with Gasteiger partial charge in [-0.3, -0.25) is 4.79 Å². The number of hydrogen-bond donors (Lipinski definition) is 0. The summed E-state index contributed by atoms with van der Waals surface area (Å²) >= 11 is 1.36. The van der Waals surface area contributed by atoms with E-state index >= 15 is 0 Å². The molecule has 0 spiro atoms. The fraction of sp³-hybridized carbons (Fsp3) is 0.462. The van der Waals surface area contributed by atoms with Gasteiger partial charge in [0.05, 0.1) is 17.4 Å². The smallest absolute Gasteiger partial charge is 0.178 e. The number of Topliss-reactive ketones (excluding diaryl/α,β-unsaturated/α-hetero) is 1. The van der Waals surface area contributed by atoms with Crippen molar-refractivity contribution in [1.29, 1.82) is 0 Å². The number of halogens is 2. The van der Waals surface area contributed by atoms with E-state index in [1.807, 2.05) is 0 Å². The number of carbonyl (C=O) groups excluding carboxylic acids is 1. The van der Waals surface area contributed by atoms with E-state index in [1.54, 1.807) is 0 Å². The van der Waals surface area contributed by atoms with Gasteiger partial charge in [0.1, 0.15) is 11.6 Å². The minimum atomic E-state index is -0.794. The standard InChI is InChI=1S/C13H14F2O2S/c14-10-4-1-5-11(15)13(10)12(16)8-18-7-9-3-2-6-17-9/h1,4-5,9H,2-3,6-8H2. The van der Waals surface area contributed by atoms with E-state index in [0.717, 1.165) is 31.6 Å². The van der Waals surface area contributed by atoms with Crippen LogP contribution in [0.5, 0.6) is 0 Å². The second kappa shape index (κ2) is 6.29. The predicted molar refractivity (Wildman–Crippen MR) is 67.0 cm³/mol. The molecule has 1 aliphatic rings. The molecule has 2 nitrogen and oxygen atoms in total. The lowest BCUT2D eigenvalue weighted by Gasteiger charge is -2.08. The first-order chi connectivity index (χ1) is 8.68. The average Bonchev–Trinajstić information content (AvgIpc) is 2.82. The van der Waals surface area contributed by atoms with Gasteiger partial charge in [-0.15, -0.1) is 0 Å². The molecule has 18 heavy (non-hydrogen) atoms. The topological polar surface area (TPSA) is 26.3 Å². The molecule has 0 saturated carbocycles. The Morgan fingerprint density at radius 2 is 2.11 bits per heavy atom. The molecule has 1 unspecified atom stereocenters. The van der Waals surface area contributed by atoms with Gasteiger partial charge in [-0.05, 0) is 25.0 Å². The zero-order valence-electron chi connectivity index (χ0n) is 9.83. The number of carbonyl (C=O) groups is 1. The van der Waals surface area contributed by atoms with Gasteiger partial charge in [0.15, 0.2) is 5.78 Å². The summed E-state index contributed by atoms with van der Waals surface area (Å²) in [5.41, 5.74) is -0.433. The normalized spacial score (nSPS) is 19.1. The lowest BCUT2D eigenvalue weighted by atomic mass is 10.1. The Morgan fingerprint density at radius 1 is 1.39 bits per heavy atom. The van der Waals surface area contributed by atoms with Crippen molar-refractivity contribution in [2.75, 3.05) is 18.1 Å². The van der Waals surface area contributed by atoms with Crippen molar-refractivity contribution in [2.45, 2.75) is 18.9 Å². The van der Waals surface area contributed by atoms with Gasteiger partial charge >= 0.3 is 0 Å². The van der Waals surface area contributed by atoms with Crippen molar-refractivity contribution in [2.24, 2.45) is 0 Å². The van der Waals surface area contributed by atoms with Crippen LogP contribution in [0.2, 0.25) is 0 Å². The summed E-state index contributed by atoms with van der Waals surface area (Å²) in [6, 6.07) is 3.45. The first kappa shape index (κ1) is 13.5. The van der Waals surface area contributed by atoms with Crippen molar-refractivity contribution in [3.8, 4) is 0 Å². The molecule has 1 aromatic rings. The summed E-state index contributed by atoms with van der Waals surface area (Å²) in [6.07, 6.45) is 2.21.